The number of oxazole rings is 1. The third-order valence-corrected chi connectivity index (χ3v) is 11.2. The van der Waals surface area contributed by atoms with Gasteiger partial charge in [0.15, 0.2) is 5.58 Å². The first-order chi connectivity index (χ1) is 23.2. The number of nitrogens with zero attached hydrogens (tertiary/aromatic N) is 4. The van der Waals surface area contributed by atoms with Crippen LogP contribution in [0.5, 0.6) is 5.75 Å². The van der Waals surface area contributed by atoms with Crippen LogP contribution < -0.4 is 4.74 Å². The summed E-state index contributed by atoms with van der Waals surface area (Å²) in [6, 6.07) is 11.0. The van der Waals surface area contributed by atoms with Crippen molar-refractivity contribution in [1.82, 2.24) is 19.7 Å². The second kappa shape index (κ2) is 13.7. The van der Waals surface area contributed by atoms with Gasteiger partial charge in [0.25, 0.3) is 0 Å². The average molecular weight is 661 g/mol. The van der Waals surface area contributed by atoms with Crippen molar-refractivity contribution in [2.24, 2.45) is 11.8 Å². The Bertz CT molecular complexity index is 1690. The summed E-state index contributed by atoms with van der Waals surface area (Å²) in [6.07, 6.45) is 12.5. The molecule has 3 fully saturated rings. The number of aryl methyl sites for hydroxylation is 1. The number of hydrogen-bond donors (Lipinski definition) is 1. The van der Waals surface area contributed by atoms with Crippen LogP contribution >= 0.6 is 0 Å². The second-order valence-electron chi connectivity index (χ2n) is 14.1. The summed E-state index contributed by atoms with van der Waals surface area (Å²) in [6.45, 7) is 7.41. The Hall–Kier alpha value is -3.60. The summed E-state index contributed by atoms with van der Waals surface area (Å²) in [5.74, 6) is 0.231. The monoisotopic (exact) mass is 660 g/mol. The summed E-state index contributed by atoms with van der Waals surface area (Å²) in [5, 5.41) is 9.74. The van der Waals surface area contributed by atoms with Gasteiger partial charge in [0.2, 0.25) is 5.89 Å². The van der Waals surface area contributed by atoms with Crippen molar-refractivity contribution in [3.63, 3.8) is 0 Å². The highest BCUT2D eigenvalue weighted by Crippen LogP contribution is 2.49. The van der Waals surface area contributed by atoms with Gasteiger partial charge >= 0.3 is 12.6 Å². The van der Waals surface area contributed by atoms with Crippen LogP contribution in [0.15, 0.2) is 59.0 Å². The molecule has 2 unspecified atom stereocenters. The number of piperidine rings is 1. The number of ether oxygens (including phenoxy) is 1. The van der Waals surface area contributed by atoms with Crippen LogP contribution in [-0.4, -0.2) is 82.7 Å². The Morgan fingerprint density at radius 3 is 2.58 bits per heavy atom. The first-order valence-electron chi connectivity index (χ1n) is 17.5. The van der Waals surface area contributed by atoms with Gasteiger partial charge in [0.05, 0.1) is 0 Å². The number of carbonyl (C=O) groups is 1. The number of allylic oxidation sites excluding steroid dienone is 2. The van der Waals surface area contributed by atoms with Gasteiger partial charge in [-0.2, -0.15) is 8.78 Å². The van der Waals surface area contributed by atoms with Gasteiger partial charge in [-0.05, 0) is 107 Å². The smallest absolute Gasteiger partial charge is 0.387 e. The van der Waals surface area contributed by atoms with Gasteiger partial charge in [0.1, 0.15) is 22.8 Å². The molecule has 8 nitrogen and oxygen atoms in total. The van der Waals surface area contributed by atoms with Crippen LogP contribution in [0.3, 0.4) is 0 Å². The van der Waals surface area contributed by atoms with Gasteiger partial charge in [-0.15, -0.1) is 0 Å². The van der Waals surface area contributed by atoms with E-state index in [2.05, 4.69) is 66.1 Å². The summed E-state index contributed by atoms with van der Waals surface area (Å²) < 4.78 is 38.9. The second-order valence-corrected chi connectivity index (χ2v) is 14.1. The van der Waals surface area contributed by atoms with Crippen LogP contribution in [0, 0.1) is 18.8 Å². The Morgan fingerprint density at radius 1 is 1.08 bits per heavy atom. The molecule has 7 rings (SSSR count). The minimum atomic E-state index is -3.03. The quantitative estimate of drug-likeness (QED) is 0.247. The third-order valence-electron chi connectivity index (χ3n) is 11.2. The molecule has 3 aliphatic heterocycles. The van der Waals surface area contributed by atoms with Crippen molar-refractivity contribution >= 4 is 22.6 Å². The van der Waals surface area contributed by atoms with Crippen LogP contribution in [0.25, 0.3) is 16.7 Å². The molecule has 4 aliphatic rings. The molecule has 3 aromatic rings. The normalized spacial score (nSPS) is 26.1. The highest BCUT2D eigenvalue weighted by Gasteiger charge is 2.49. The largest absolute Gasteiger partial charge is 0.480 e. The summed E-state index contributed by atoms with van der Waals surface area (Å²) >= 11 is 0. The van der Waals surface area contributed by atoms with E-state index in [9.17, 15) is 18.7 Å². The standard InChI is InChI=1S/C38H46F2N4O4/c1-25-9-3-4-10-29(25)30-11-7-15-38(26(30)2,44-19-13-27(14-20-44)23-42-16-5-6-17-42)36-41-31-21-28(24-43-18-8-12-32(43)35(45)46)33(48-37(39)40)22-34(31)47-36/h3-4,7,9-11,15,21-22,26-27,32,37H,5-6,8,12-14,16-20,23-24H2,1-2H3,(H,45,46)/t26?,32-,38?/m0/s1. The number of hydrogen-bond acceptors (Lipinski definition) is 7. The molecule has 256 valence electrons. The van der Waals surface area contributed by atoms with E-state index >= 15 is 0 Å². The van der Waals surface area contributed by atoms with Crippen LogP contribution in [-0.2, 0) is 16.9 Å². The lowest BCUT2D eigenvalue weighted by molar-refractivity contribution is -0.142. The van der Waals surface area contributed by atoms with E-state index in [1.165, 1.54) is 48.7 Å². The summed E-state index contributed by atoms with van der Waals surface area (Å²) in [7, 11) is 0. The van der Waals surface area contributed by atoms with Crippen molar-refractivity contribution in [1.29, 1.82) is 0 Å². The molecular formula is C38H46F2N4O4. The number of aliphatic carboxylic acids is 1. The molecule has 0 bridgehead atoms. The van der Waals surface area contributed by atoms with Gasteiger partial charge in [-0.1, -0.05) is 49.4 Å². The number of carboxylic acid groups (broad SMARTS) is 1. The number of rotatable bonds is 10. The lowest BCUT2D eigenvalue weighted by Crippen LogP contribution is -2.54. The molecule has 10 heteroatoms. The van der Waals surface area contributed by atoms with Crippen molar-refractivity contribution in [3.05, 3.63) is 77.2 Å². The molecular weight excluding hydrogens is 614 g/mol. The Morgan fingerprint density at radius 2 is 1.85 bits per heavy atom. The maximum absolute atomic E-state index is 13.7. The zero-order chi connectivity index (χ0) is 33.4. The van der Waals surface area contributed by atoms with Gasteiger partial charge in [-0.25, -0.2) is 4.98 Å². The first-order valence-corrected chi connectivity index (χ1v) is 17.5. The number of aromatic nitrogens is 1. The molecule has 1 aromatic heterocycles. The molecule has 0 amide bonds. The maximum Gasteiger partial charge on any atom is 0.387 e. The Kier molecular flexibility index (Phi) is 9.41. The molecule has 0 saturated carbocycles. The van der Waals surface area contributed by atoms with Crippen LogP contribution in [0.4, 0.5) is 8.78 Å². The van der Waals surface area contributed by atoms with Crippen molar-refractivity contribution in [2.45, 2.75) is 77.1 Å². The molecule has 2 aromatic carbocycles. The Balaban J connectivity index is 1.27. The minimum Gasteiger partial charge on any atom is -0.480 e. The van der Waals surface area contributed by atoms with E-state index in [1.54, 1.807) is 6.07 Å². The molecule has 48 heavy (non-hydrogen) atoms. The SMILES string of the molecule is Cc1ccccc1C1=CC=CC(c2nc3cc(CN4CCC[C@H]4C(=O)O)c(OC(F)F)cc3o2)(N2CCC(CN3CCCC3)CC2)C1C. The van der Waals surface area contributed by atoms with Gasteiger partial charge < -0.3 is 19.2 Å². The Labute approximate surface area is 281 Å². The maximum atomic E-state index is 13.7. The predicted octanol–water partition coefficient (Wildman–Crippen LogP) is 7.08. The van der Waals surface area contributed by atoms with Gasteiger partial charge in [0, 0.05) is 30.6 Å². The lowest BCUT2D eigenvalue weighted by Gasteiger charge is -2.49. The number of fused-ring (bicyclic) bond motifs is 1. The van der Waals surface area contributed by atoms with E-state index in [-0.39, 0.29) is 18.2 Å². The van der Waals surface area contributed by atoms with E-state index in [0.29, 0.717) is 41.4 Å². The molecule has 4 heterocycles. The average Bonchev–Trinajstić information content (AvgIpc) is 3.84. The fraction of sp³-hybridized carbons (Fsp3) is 0.526. The van der Waals surface area contributed by atoms with Crippen LogP contribution in [0.1, 0.15) is 68.0 Å². The molecule has 3 atom stereocenters. The molecule has 1 N–H and O–H groups in total. The zero-order valence-corrected chi connectivity index (χ0v) is 27.9. The highest BCUT2D eigenvalue weighted by atomic mass is 19.3. The third kappa shape index (κ3) is 6.30. The zero-order valence-electron chi connectivity index (χ0n) is 27.9. The van der Waals surface area contributed by atoms with E-state index < -0.39 is 24.2 Å². The molecule has 0 radical (unpaired) electrons. The topological polar surface area (TPSA) is 82.3 Å². The van der Waals surface area contributed by atoms with Crippen LogP contribution in [0.2, 0.25) is 0 Å². The number of likely N-dealkylation sites (tertiary alicyclic amines) is 3. The van der Waals surface area contributed by atoms with Crippen molar-refractivity contribution in [3.8, 4) is 5.75 Å². The summed E-state index contributed by atoms with van der Waals surface area (Å²) in [4.78, 5) is 23.9. The lowest BCUT2D eigenvalue weighted by atomic mass is 9.71. The van der Waals surface area contributed by atoms with Crippen molar-refractivity contribution in [2.75, 3.05) is 39.3 Å². The fourth-order valence-electron chi connectivity index (χ4n) is 8.64. The molecule has 0 spiro atoms. The molecule has 1 aliphatic carbocycles. The minimum absolute atomic E-state index is 0.0132. The number of benzene rings is 2. The molecule has 3 saturated heterocycles. The highest BCUT2D eigenvalue weighted by molar-refractivity contribution is 5.78. The van der Waals surface area contributed by atoms with E-state index in [4.69, 9.17) is 14.1 Å². The number of carboxylic acids is 1. The first kappa shape index (κ1) is 32.9. The van der Waals surface area contributed by atoms with E-state index in [0.717, 1.165) is 38.9 Å². The number of halogens is 2. The van der Waals surface area contributed by atoms with E-state index in [1.807, 2.05) is 4.90 Å². The van der Waals surface area contributed by atoms with Crippen molar-refractivity contribution < 1.29 is 27.8 Å². The number of alkyl halides is 2. The summed E-state index contributed by atoms with van der Waals surface area (Å²) in [5.41, 5.74) is 4.28. The predicted molar refractivity (Wildman–Crippen MR) is 181 cm³/mol. The van der Waals surface area contributed by atoms with Gasteiger partial charge in [-0.3, -0.25) is 14.6 Å². The fourth-order valence-corrected chi connectivity index (χ4v) is 8.64.